The number of rotatable bonds is 6. The zero-order valence-corrected chi connectivity index (χ0v) is 23.1. The molecule has 4 bridgehead atoms. The summed E-state index contributed by atoms with van der Waals surface area (Å²) in [5.74, 6) is 0.574. The highest BCUT2D eigenvalue weighted by atomic mass is 35.5. The molecule has 4 saturated carbocycles. The minimum atomic E-state index is -4.06. The van der Waals surface area contributed by atoms with E-state index in [0.717, 1.165) is 36.4 Å². The van der Waals surface area contributed by atoms with E-state index < -0.39 is 10.2 Å². The molecule has 3 N–H and O–H groups in total. The minimum Gasteiger partial charge on any atom is -0.370 e. The normalized spacial score (nSPS) is 35.1. The second-order valence-electron chi connectivity index (χ2n) is 11.2. The number of carbonyl (C=O) groups excluding carboxylic acids is 2. The first-order valence-electron chi connectivity index (χ1n) is 12.4. The molecule has 4 aliphatic carbocycles. The molecule has 1 heterocycles. The van der Waals surface area contributed by atoms with Crippen molar-refractivity contribution in [1.29, 1.82) is 0 Å². The van der Waals surface area contributed by atoms with Crippen molar-refractivity contribution < 1.29 is 18.0 Å². The molecule has 0 radical (unpaired) electrons. The molecule has 2 amide bonds. The van der Waals surface area contributed by atoms with Gasteiger partial charge in [0.25, 0.3) is 0 Å². The van der Waals surface area contributed by atoms with E-state index in [9.17, 15) is 18.0 Å². The fourth-order valence-electron chi connectivity index (χ4n) is 7.54. The number of benzene rings is 1. The van der Waals surface area contributed by atoms with E-state index in [-0.39, 0.29) is 70.0 Å². The molecular formula is C24H31Cl3N4O4S. The third kappa shape index (κ3) is 4.70. The molecule has 0 aromatic heterocycles. The maximum absolute atomic E-state index is 13.6. The van der Waals surface area contributed by atoms with E-state index in [2.05, 4.69) is 5.32 Å². The number of nitrogens with one attached hydrogen (secondary N) is 1. The highest BCUT2D eigenvalue weighted by molar-refractivity contribution is 7.90. The predicted molar refractivity (Wildman–Crippen MR) is 140 cm³/mol. The van der Waals surface area contributed by atoms with Gasteiger partial charge in [-0.25, -0.2) is 0 Å². The van der Waals surface area contributed by atoms with Crippen LogP contribution in [0.2, 0.25) is 15.1 Å². The van der Waals surface area contributed by atoms with Crippen molar-refractivity contribution in [1.82, 2.24) is 9.62 Å². The Hall–Kier alpha value is -1.26. The molecule has 0 spiro atoms. The summed E-state index contributed by atoms with van der Waals surface area (Å²) in [6, 6.07) is 2.53. The Balaban J connectivity index is 1.31. The second-order valence-corrected chi connectivity index (χ2v) is 14.2. The predicted octanol–water partition coefficient (Wildman–Crippen LogP) is 3.98. The number of primary amides is 1. The quantitative estimate of drug-likeness (QED) is 0.532. The fourth-order valence-corrected chi connectivity index (χ4v) is 10.5. The number of carbonyl (C=O) groups is 2. The van der Waals surface area contributed by atoms with Crippen molar-refractivity contribution in [2.24, 2.45) is 28.9 Å². The van der Waals surface area contributed by atoms with Crippen molar-refractivity contribution in [3.63, 3.8) is 0 Å². The summed E-state index contributed by atoms with van der Waals surface area (Å²) in [6.45, 7) is 1.71. The van der Waals surface area contributed by atoms with Crippen LogP contribution in [0.3, 0.4) is 0 Å². The topological polar surface area (TPSA) is 113 Å². The number of amides is 2. The molecule has 5 aliphatic rings. The molecule has 6 rings (SSSR count). The summed E-state index contributed by atoms with van der Waals surface area (Å²) in [5, 5.41) is 3.75. The largest absolute Gasteiger partial charge is 0.370 e. The molecule has 3 unspecified atom stereocenters. The highest BCUT2D eigenvalue weighted by Crippen LogP contribution is 2.61. The van der Waals surface area contributed by atoms with Crippen LogP contribution in [-0.4, -0.2) is 49.7 Å². The first kappa shape index (κ1) is 26.4. The first-order chi connectivity index (χ1) is 16.9. The molecule has 1 aromatic rings. The van der Waals surface area contributed by atoms with Gasteiger partial charge in [0.2, 0.25) is 11.8 Å². The zero-order chi connectivity index (χ0) is 26.0. The Kier molecular flexibility index (Phi) is 6.94. The summed E-state index contributed by atoms with van der Waals surface area (Å²) in [6.07, 6.45) is 5.78. The summed E-state index contributed by atoms with van der Waals surface area (Å²) in [4.78, 5) is 24.9. The summed E-state index contributed by atoms with van der Waals surface area (Å²) in [7, 11) is -4.06. The van der Waals surface area contributed by atoms with E-state index in [1.54, 1.807) is 6.92 Å². The highest BCUT2D eigenvalue weighted by Gasteiger charge is 2.56. The van der Waals surface area contributed by atoms with Crippen LogP contribution < -0.4 is 15.4 Å². The van der Waals surface area contributed by atoms with Crippen molar-refractivity contribution in [2.75, 3.05) is 17.4 Å². The van der Waals surface area contributed by atoms with Crippen LogP contribution in [0.4, 0.5) is 5.69 Å². The van der Waals surface area contributed by atoms with Crippen LogP contribution in [0.25, 0.3) is 0 Å². The van der Waals surface area contributed by atoms with Gasteiger partial charge in [-0.3, -0.25) is 13.9 Å². The Morgan fingerprint density at radius 3 is 2.31 bits per heavy atom. The van der Waals surface area contributed by atoms with Gasteiger partial charge in [0.15, 0.2) is 0 Å². The Labute approximate surface area is 227 Å². The maximum Gasteiger partial charge on any atom is 0.304 e. The number of anilines is 1. The van der Waals surface area contributed by atoms with Crippen LogP contribution >= 0.6 is 34.8 Å². The van der Waals surface area contributed by atoms with Gasteiger partial charge in [-0.2, -0.15) is 12.7 Å². The zero-order valence-electron chi connectivity index (χ0n) is 20.1. The van der Waals surface area contributed by atoms with Gasteiger partial charge in [0.1, 0.15) is 0 Å². The molecule has 1 aromatic carbocycles. The van der Waals surface area contributed by atoms with Crippen LogP contribution in [-0.2, 0) is 19.8 Å². The van der Waals surface area contributed by atoms with Crippen molar-refractivity contribution in [2.45, 2.75) is 64.0 Å². The Bertz CT molecular complexity index is 1160. The maximum atomic E-state index is 13.6. The molecule has 1 saturated heterocycles. The van der Waals surface area contributed by atoms with E-state index in [0.29, 0.717) is 23.8 Å². The smallest absolute Gasteiger partial charge is 0.304 e. The van der Waals surface area contributed by atoms with Gasteiger partial charge in [0, 0.05) is 30.1 Å². The lowest BCUT2D eigenvalue weighted by atomic mass is 9.47. The van der Waals surface area contributed by atoms with Crippen molar-refractivity contribution in [3.05, 3.63) is 27.2 Å². The SMILES string of the molecule is CC1CCN(c2c(Cl)cc(Cl)cc2Cl)S(=O)(=O)N1CC(=O)NC1C2CC3CC1CC(CC(N)=O)(C3)C2. The number of nitrogens with two attached hydrogens (primary N) is 1. The monoisotopic (exact) mass is 576 g/mol. The molecule has 1 aliphatic heterocycles. The van der Waals surface area contributed by atoms with Crippen molar-refractivity contribution in [3.8, 4) is 0 Å². The molecule has 198 valence electrons. The van der Waals surface area contributed by atoms with Crippen LogP contribution in [0.1, 0.15) is 51.9 Å². The first-order valence-corrected chi connectivity index (χ1v) is 14.9. The standard InChI is InChI=1S/C24H31Cl3N4O4S/c1-13-2-3-30(23-18(26)6-17(25)7-19(23)27)36(34,35)31(13)12-21(33)29-22-15-4-14-5-16(22)10-24(8-14,9-15)11-20(28)32/h6-7,13-16,22H,2-5,8-12H2,1H3,(H2,28,32)(H,29,33). The number of halogens is 3. The van der Waals surface area contributed by atoms with E-state index >= 15 is 0 Å². The van der Waals surface area contributed by atoms with Gasteiger partial charge in [-0.1, -0.05) is 34.8 Å². The Morgan fingerprint density at radius 2 is 1.72 bits per heavy atom. The number of hydrogen-bond donors (Lipinski definition) is 2. The third-order valence-electron chi connectivity index (χ3n) is 8.62. The molecule has 8 nitrogen and oxygen atoms in total. The van der Waals surface area contributed by atoms with E-state index in [1.807, 2.05) is 0 Å². The lowest BCUT2D eigenvalue weighted by molar-refractivity contribution is -0.134. The van der Waals surface area contributed by atoms with Crippen LogP contribution in [0.15, 0.2) is 12.1 Å². The molecular weight excluding hydrogens is 547 g/mol. The van der Waals surface area contributed by atoms with Crippen LogP contribution in [0, 0.1) is 23.2 Å². The van der Waals surface area contributed by atoms with Gasteiger partial charge < -0.3 is 11.1 Å². The minimum absolute atomic E-state index is 0.00545. The van der Waals surface area contributed by atoms with Gasteiger partial charge >= 0.3 is 10.2 Å². The Morgan fingerprint density at radius 1 is 1.11 bits per heavy atom. The average molecular weight is 578 g/mol. The molecule has 12 heteroatoms. The van der Waals surface area contributed by atoms with E-state index in [1.165, 1.54) is 16.4 Å². The van der Waals surface area contributed by atoms with Gasteiger partial charge in [-0.05, 0) is 80.8 Å². The van der Waals surface area contributed by atoms with Crippen LogP contribution in [0.5, 0.6) is 0 Å². The van der Waals surface area contributed by atoms with Crippen molar-refractivity contribution >= 4 is 62.5 Å². The summed E-state index contributed by atoms with van der Waals surface area (Å²) >= 11 is 18.7. The molecule has 3 atom stereocenters. The van der Waals surface area contributed by atoms with Gasteiger partial charge in [0.05, 0.1) is 22.3 Å². The lowest BCUT2D eigenvalue weighted by Gasteiger charge is -2.60. The van der Waals surface area contributed by atoms with Gasteiger partial charge in [-0.15, -0.1) is 0 Å². The average Bonchev–Trinajstić information content (AvgIpc) is 2.73. The number of hydrogen-bond acceptors (Lipinski definition) is 4. The summed E-state index contributed by atoms with van der Waals surface area (Å²) < 4.78 is 29.6. The second kappa shape index (κ2) is 9.49. The van der Waals surface area contributed by atoms with E-state index in [4.69, 9.17) is 40.5 Å². The lowest BCUT2D eigenvalue weighted by Crippen LogP contribution is -2.62. The third-order valence-corrected chi connectivity index (χ3v) is 11.4. The molecule has 36 heavy (non-hydrogen) atoms. The summed E-state index contributed by atoms with van der Waals surface area (Å²) in [5.41, 5.74) is 5.68. The number of nitrogens with zero attached hydrogens (tertiary/aromatic N) is 2. The fraction of sp³-hybridized carbons (Fsp3) is 0.667. The molecule has 5 fully saturated rings.